The average molecular weight is 345 g/mol. The summed E-state index contributed by atoms with van der Waals surface area (Å²) in [5.74, 6) is -3.68. The predicted octanol–water partition coefficient (Wildman–Crippen LogP) is 2.48. The maximum absolute atomic E-state index is 13.8. The second-order valence-corrected chi connectivity index (χ2v) is 4.84. The molecular formula is C12H7BrF2N2O3. The van der Waals surface area contributed by atoms with Crippen molar-refractivity contribution in [2.45, 2.75) is 6.92 Å². The van der Waals surface area contributed by atoms with Gasteiger partial charge in [0.25, 0.3) is 5.56 Å². The molecule has 20 heavy (non-hydrogen) atoms. The van der Waals surface area contributed by atoms with Gasteiger partial charge in [-0.1, -0.05) is 15.9 Å². The summed E-state index contributed by atoms with van der Waals surface area (Å²) in [5, 5.41) is 8.84. The lowest BCUT2D eigenvalue weighted by Crippen LogP contribution is -2.22. The number of hydrogen-bond donors (Lipinski definition) is 2. The van der Waals surface area contributed by atoms with E-state index in [4.69, 9.17) is 5.11 Å². The van der Waals surface area contributed by atoms with E-state index in [-0.39, 0.29) is 16.0 Å². The molecular weight excluding hydrogens is 338 g/mol. The van der Waals surface area contributed by atoms with E-state index >= 15 is 0 Å². The summed E-state index contributed by atoms with van der Waals surface area (Å²) in [6, 6.07) is 2.03. The number of aromatic nitrogens is 2. The van der Waals surface area contributed by atoms with Crippen LogP contribution >= 0.6 is 15.9 Å². The summed E-state index contributed by atoms with van der Waals surface area (Å²) in [7, 11) is 0. The highest BCUT2D eigenvalue weighted by Gasteiger charge is 2.20. The fraction of sp³-hybridized carbons (Fsp3) is 0.0833. The lowest BCUT2D eigenvalue weighted by molar-refractivity contribution is 0.0693. The molecule has 2 N–H and O–H groups in total. The Morgan fingerprint density at radius 2 is 1.90 bits per heavy atom. The Hall–Kier alpha value is -2.09. The SMILES string of the molecule is Cc1nc(-c2c(F)cc(Br)cc2F)[nH]c(=O)c1C(=O)O. The molecule has 2 rings (SSSR count). The average Bonchev–Trinajstić information content (AvgIpc) is 2.25. The number of hydrogen-bond acceptors (Lipinski definition) is 3. The van der Waals surface area contributed by atoms with E-state index < -0.39 is 34.3 Å². The monoisotopic (exact) mass is 344 g/mol. The van der Waals surface area contributed by atoms with Gasteiger partial charge in [0.2, 0.25) is 0 Å². The number of aromatic amines is 1. The van der Waals surface area contributed by atoms with Crippen LogP contribution in [0.1, 0.15) is 16.1 Å². The van der Waals surface area contributed by atoms with Gasteiger partial charge >= 0.3 is 5.97 Å². The van der Waals surface area contributed by atoms with Crippen molar-refractivity contribution in [3.63, 3.8) is 0 Å². The molecule has 0 amide bonds. The first kappa shape index (κ1) is 14.3. The molecule has 1 heterocycles. The van der Waals surface area contributed by atoms with Gasteiger partial charge in [-0.05, 0) is 19.1 Å². The Kier molecular flexibility index (Phi) is 3.67. The smallest absolute Gasteiger partial charge is 0.343 e. The van der Waals surface area contributed by atoms with Crippen molar-refractivity contribution in [3.05, 3.63) is 49.9 Å². The van der Waals surface area contributed by atoms with Gasteiger partial charge in [-0.3, -0.25) is 4.79 Å². The minimum Gasteiger partial charge on any atom is -0.477 e. The molecule has 0 atom stereocenters. The summed E-state index contributed by atoms with van der Waals surface area (Å²) in [6.07, 6.45) is 0. The van der Waals surface area contributed by atoms with Gasteiger partial charge in [0.1, 0.15) is 23.0 Å². The fourth-order valence-electron chi connectivity index (χ4n) is 1.72. The number of rotatable bonds is 2. The maximum Gasteiger partial charge on any atom is 0.343 e. The minimum atomic E-state index is -1.46. The highest BCUT2D eigenvalue weighted by atomic mass is 79.9. The summed E-state index contributed by atoms with van der Waals surface area (Å²) in [5.41, 5.74) is -2.18. The van der Waals surface area contributed by atoms with Gasteiger partial charge in [-0.2, -0.15) is 0 Å². The van der Waals surface area contributed by atoms with Crippen molar-refractivity contribution < 1.29 is 18.7 Å². The highest BCUT2D eigenvalue weighted by Crippen LogP contribution is 2.26. The van der Waals surface area contributed by atoms with Crippen molar-refractivity contribution in [1.82, 2.24) is 9.97 Å². The van der Waals surface area contributed by atoms with E-state index in [0.29, 0.717) is 0 Å². The van der Waals surface area contributed by atoms with Crippen molar-refractivity contribution in [2.75, 3.05) is 0 Å². The molecule has 0 bridgehead atoms. The maximum atomic E-state index is 13.8. The van der Waals surface area contributed by atoms with Gasteiger partial charge in [-0.25, -0.2) is 18.6 Å². The van der Waals surface area contributed by atoms with Crippen LogP contribution in [0.3, 0.4) is 0 Å². The van der Waals surface area contributed by atoms with Crippen LogP contribution in [0, 0.1) is 18.6 Å². The molecule has 0 saturated carbocycles. The van der Waals surface area contributed by atoms with Crippen LogP contribution in [-0.2, 0) is 0 Å². The number of H-pyrrole nitrogens is 1. The number of halogens is 3. The number of carbonyl (C=O) groups is 1. The zero-order chi connectivity index (χ0) is 15.0. The molecule has 1 aromatic heterocycles. The summed E-state index contributed by atoms with van der Waals surface area (Å²) in [4.78, 5) is 28.3. The van der Waals surface area contributed by atoms with Gasteiger partial charge in [0.15, 0.2) is 0 Å². The number of nitrogens with one attached hydrogen (secondary N) is 1. The standard InChI is InChI=1S/C12H7BrF2N2O3/c1-4-8(12(19)20)11(18)17-10(16-4)9-6(14)2-5(13)3-7(9)15/h2-3H,1H3,(H,19,20)(H,16,17,18). The number of carboxylic acids is 1. The van der Waals surface area contributed by atoms with Crippen LogP contribution in [0.25, 0.3) is 11.4 Å². The molecule has 2 aromatic rings. The van der Waals surface area contributed by atoms with Gasteiger partial charge in [0.05, 0.1) is 11.3 Å². The van der Waals surface area contributed by atoms with E-state index in [0.717, 1.165) is 12.1 Å². The lowest BCUT2D eigenvalue weighted by atomic mass is 10.1. The molecule has 0 fully saturated rings. The van der Waals surface area contributed by atoms with Crippen molar-refractivity contribution in [3.8, 4) is 11.4 Å². The zero-order valence-corrected chi connectivity index (χ0v) is 11.6. The van der Waals surface area contributed by atoms with E-state index in [1.807, 2.05) is 0 Å². The topological polar surface area (TPSA) is 83.0 Å². The van der Waals surface area contributed by atoms with Crippen molar-refractivity contribution >= 4 is 21.9 Å². The Morgan fingerprint density at radius 1 is 1.35 bits per heavy atom. The summed E-state index contributed by atoms with van der Waals surface area (Å²) in [6.45, 7) is 1.27. The molecule has 8 heteroatoms. The number of benzene rings is 1. The Morgan fingerprint density at radius 3 is 2.35 bits per heavy atom. The van der Waals surface area contributed by atoms with Crippen molar-refractivity contribution in [2.24, 2.45) is 0 Å². The molecule has 1 aromatic carbocycles. The molecule has 0 spiro atoms. The third kappa shape index (κ3) is 2.46. The number of aromatic carboxylic acids is 1. The Balaban J connectivity index is 2.73. The largest absolute Gasteiger partial charge is 0.477 e. The second kappa shape index (κ2) is 5.12. The van der Waals surface area contributed by atoms with Crippen LogP contribution < -0.4 is 5.56 Å². The Bertz CT molecular complexity index is 751. The van der Waals surface area contributed by atoms with E-state index in [1.165, 1.54) is 6.92 Å². The second-order valence-electron chi connectivity index (χ2n) is 3.92. The molecule has 0 saturated heterocycles. The minimum absolute atomic E-state index is 0.127. The number of carboxylic acid groups (broad SMARTS) is 1. The fourth-order valence-corrected chi connectivity index (χ4v) is 2.13. The van der Waals surface area contributed by atoms with Gasteiger partial charge < -0.3 is 10.1 Å². The van der Waals surface area contributed by atoms with Gasteiger partial charge in [0, 0.05) is 4.47 Å². The molecule has 0 aliphatic rings. The first-order valence-electron chi connectivity index (χ1n) is 5.30. The van der Waals surface area contributed by atoms with Gasteiger partial charge in [-0.15, -0.1) is 0 Å². The van der Waals surface area contributed by atoms with E-state index in [1.54, 1.807) is 0 Å². The van der Waals surface area contributed by atoms with Crippen LogP contribution in [-0.4, -0.2) is 21.0 Å². The quantitative estimate of drug-likeness (QED) is 0.876. The van der Waals surface area contributed by atoms with Crippen LogP contribution in [0.4, 0.5) is 8.78 Å². The number of nitrogens with zero attached hydrogens (tertiary/aromatic N) is 1. The van der Waals surface area contributed by atoms with Crippen LogP contribution in [0.2, 0.25) is 0 Å². The predicted molar refractivity (Wildman–Crippen MR) is 69.6 cm³/mol. The first-order valence-corrected chi connectivity index (χ1v) is 6.09. The van der Waals surface area contributed by atoms with Crippen molar-refractivity contribution in [1.29, 1.82) is 0 Å². The van der Waals surface area contributed by atoms with E-state index in [2.05, 4.69) is 25.9 Å². The lowest BCUT2D eigenvalue weighted by Gasteiger charge is -2.07. The number of aryl methyl sites for hydroxylation is 1. The molecule has 0 unspecified atom stereocenters. The Labute approximate surface area is 119 Å². The molecule has 0 radical (unpaired) electrons. The summed E-state index contributed by atoms with van der Waals surface area (Å²) >= 11 is 2.93. The van der Waals surface area contributed by atoms with E-state index in [9.17, 15) is 18.4 Å². The van der Waals surface area contributed by atoms with Crippen LogP contribution in [0.5, 0.6) is 0 Å². The third-order valence-electron chi connectivity index (χ3n) is 2.56. The molecule has 0 aliphatic heterocycles. The normalized spacial score (nSPS) is 10.6. The summed E-state index contributed by atoms with van der Waals surface area (Å²) < 4.78 is 27.7. The molecule has 5 nitrogen and oxygen atoms in total. The molecule has 104 valence electrons. The highest BCUT2D eigenvalue weighted by molar-refractivity contribution is 9.10. The van der Waals surface area contributed by atoms with Crippen LogP contribution in [0.15, 0.2) is 21.4 Å². The zero-order valence-electron chi connectivity index (χ0n) is 10.00. The third-order valence-corrected chi connectivity index (χ3v) is 3.02. The first-order chi connectivity index (χ1) is 9.31. The molecule has 0 aliphatic carbocycles.